The number of hydrogen-bond donors (Lipinski definition) is 1. The van der Waals surface area contributed by atoms with Crippen molar-refractivity contribution in [1.82, 2.24) is 8.61 Å². The summed E-state index contributed by atoms with van der Waals surface area (Å²) in [5.74, 6) is -1.31. The van der Waals surface area contributed by atoms with Crippen LogP contribution >= 0.6 is 0 Å². The Balaban J connectivity index is 2.71. The van der Waals surface area contributed by atoms with Crippen LogP contribution in [0.4, 0.5) is 0 Å². The molecule has 1 fully saturated rings. The Morgan fingerprint density at radius 2 is 2.10 bits per heavy atom. The zero-order valence-corrected chi connectivity index (χ0v) is 12.5. The molecule has 0 aromatic heterocycles. The summed E-state index contributed by atoms with van der Waals surface area (Å²) in [6.07, 6.45) is 2.22. The van der Waals surface area contributed by atoms with Gasteiger partial charge >= 0.3 is 5.97 Å². The molecule has 0 unspecified atom stereocenters. The largest absolute Gasteiger partial charge is 0.481 e. The molecule has 116 valence electrons. The van der Waals surface area contributed by atoms with Crippen molar-refractivity contribution in [2.45, 2.75) is 12.8 Å². The number of ether oxygens (including phenoxy) is 1. The summed E-state index contributed by atoms with van der Waals surface area (Å²) in [4.78, 5) is 10.9. The Hall–Kier alpha value is -0.960. The fraction of sp³-hybridized carbons (Fsp3) is 0.750. The summed E-state index contributed by atoms with van der Waals surface area (Å²) >= 11 is 0. The molecule has 1 saturated heterocycles. The maximum Gasteiger partial charge on any atom is 0.306 e. The van der Waals surface area contributed by atoms with Crippen LogP contribution in [0.5, 0.6) is 0 Å². The average Bonchev–Trinajstić information content (AvgIpc) is 2.43. The monoisotopic (exact) mass is 306 g/mol. The molecule has 1 rings (SSSR count). The third-order valence-corrected chi connectivity index (χ3v) is 5.34. The Labute approximate surface area is 120 Å². The van der Waals surface area contributed by atoms with Gasteiger partial charge in [-0.15, -0.1) is 6.58 Å². The summed E-state index contributed by atoms with van der Waals surface area (Å²) in [6.45, 7) is 4.80. The molecule has 7 nitrogen and oxygen atoms in total. The van der Waals surface area contributed by atoms with Gasteiger partial charge in [0.1, 0.15) is 0 Å². The molecule has 0 radical (unpaired) electrons. The number of aliphatic carboxylic acids is 1. The van der Waals surface area contributed by atoms with Gasteiger partial charge in [-0.2, -0.15) is 17.0 Å². The van der Waals surface area contributed by atoms with Crippen LogP contribution in [0.3, 0.4) is 0 Å². The van der Waals surface area contributed by atoms with Crippen LogP contribution in [0, 0.1) is 5.92 Å². The van der Waals surface area contributed by atoms with Crippen LogP contribution in [-0.2, 0) is 19.7 Å². The van der Waals surface area contributed by atoms with Crippen molar-refractivity contribution in [3.63, 3.8) is 0 Å². The summed E-state index contributed by atoms with van der Waals surface area (Å²) in [5.41, 5.74) is 0. The van der Waals surface area contributed by atoms with Crippen LogP contribution in [0.15, 0.2) is 12.7 Å². The Kier molecular flexibility index (Phi) is 6.60. The van der Waals surface area contributed by atoms with E-state index in [-0.39, 0.29) is 26.2 Å². The first-order valence-electron chi connectivity index (χ1n) is 6.51. The van der Waals surface area contributed by atoms with Crippen LogP contribution in [0.25, 0.3) is 0 Å². The van der Waals surface area contributed by atoms with Crippen molar-refractivity contribution >= 4 is 16.2 Å². The Morgan fingerprint density at radius 1 is 1.50 bits per heavy atom. The lowest BCUT2D eigenvalue weighted by Gasteiger charge is -2.33. The van der Waals surface area contributed by atoms with Crippen molar-refractivity contribution in [2.24, 2.45) is 5.92 Å². The second kappa shape index (κ2) is 7.72. The van der Waals surface area contributed by atoms with E-state index >= 15 is 0 Å². The minimum Gasteiger partial charge on any atom is -0.481 e. The number of nitrogens with zero attached hydrogens (tertiary/aromatic N) is 2. The Morgan fingerprint density at radius 3 is 2.55 bits per heavy atom. The molecule has 1 aliphatic rings. The second-order valence-corrected chi connectivity index (χ2v) is 6.59. The molecule has 0 aromatic carbocycles. The SMILES string of the molecule is C=CCN(CCOC)S(=O)(=O)N1CCC(C(=O)O)CC1. The smallest absolute Gasteiger partial charge is 0.306 e. The number of methoxy groups -OCH3 is 1. The average molecular weight is 306 g/mol. The van der Waals surface area contributed by atoms with E-state index < -0.39 is 22.1 Å². The van der Waals surface area contributed by atoms with Gasteiger partial charge in [0.15, 0.2) is 0 Å². The van der Waals surface area contributed by atoms with Gasteiger partial charge in [-0.3, -0.25) is 4.79 Å². The van der Waals surface area contributed by atoms with Crippen LogP contribution in [-0.4, -0.2) is 68.0 Å². The third-order valence-electron chi connectivity index (χ3n) is 3.33. The molecule has 1 N–H and O–H groups in total. The topological polar surface area (TPSA) is 87.2 Å². The van der Waals surface area contributed by atoms with Gasteiger partial charge in [-0.1, -0.05) is 6.08 Å². The molecular formula is C12H22N2O5S. The zero-order chi connectivity index (χ0) is 15.2. The van der Waals surface area contributed by atoms with Crippen molar-refractivity contribution in [1.29, 1.82) is 0 Å². The van der Waals surface area contributed by atoms with Crippen LogP contribution < -0.4 is 0 Å². The summed E-state index contributed by atoms with van der Waals surface area (Å²) in [7, 11) is -2.07. The van der Waals surface area contributed by atoms with Gasteiger partial charge in [0.25, 0.3) is 10.2 Å². The van der Waals surface area contributed by atoms with E-state index in [4.69, 9.17) is 9.84 Å². The first-order chi connectivity index (χ1) is 9.43. The fourth-order valence-corrected chi connectivity index (χ4v) is 3.73. The maximum absolute atomic E-state index is 12.5. The zero-order valence-electron chi connectivity index (χ0n) is 11.7. The number of carbonyl (C=O) groups is 1. The minimum atomic E-state index is -3.59. The highest BCUT2D eigenvalue weighted by molar-refractivity contribution is 7.86. The van der Waals surface area contributed by atoms with Crippen LogP contribution in [0.1, 0.15) is 12.8 Å². The molecule has 0 aromatic rings. The lowest BCUT2D eigenvalue weighted by molar-refractivity contribution is -0.142. The van der Waals surface area contributed by atoms with Gasteiger partial charge in [0.2, 0.25) is 0 Å². The van der Waals surface area contributed by atoms with E-state index in [0.717, 1.165) is 0 Å². The molecule has 1 heterocycles. The standard InChI is InChI=1S/C12H22N2O5S/c1-3-6-13(9-10-19-2)20(17,18)14-7-4-11(5-8-14)12(15)16/h3,11H,1,4-10H2,2H3,(H,15,16). The van der Waals surface area contributed by atoms with E-state index in [2.05, 4.69) is 6.58 Å². The molecule has 0 spiro atoms. The van der Waals surface area contributed by atoms with E-state index in [1.54, 1.807) is 0 Å². The summed E-state index contributed by atoms with van der Waals surface area (Å²) in [5, 5.41) is 8.93. The first kappa shape index (κ1) is 17.1. The predicted molar refractivity (Wildman–Crippen MR) is 74.5 cm³/mol. The molecule has 1 aliphatic heterocycles. The molecular weight excluding hydrogens is 284 g/mol. The fourth-order valence-electron chi connectivity index (χ4n) is 2.13. The third kappa shape index (κ3) is 4.27. The first-order valence-corrected chi connectivity index (χ1v) is 7.91. The van der Waals surface area contributed by atoms with Gasteiger partial charge in [0, 0.05) is 33.3 Å². The number of rotatable bonds is 8. The van der Waals surface area contributed by atoms with Gasteiger partial charge < -0.3 is 9.84 Å². The number of carboxylic acid groups (broad SMARTS) is 1. The van der Waals surface area contributed by atoms with Gasteiger partial charge in [-0.25, -0.2) is 0 Å². The van der Waals surface area contributed by atoms with Crippen molar-refractivity contribution < 1.29 is 23.1 Å². The quantitative estimate of drug-likeness (QED) is 0.646. The van der Waals surface area contributed by atoms with E-state index in [0.29, 0.717) is 19.4 Å². The molecule has 8 heteroatoms. The number of piperidine rings is 1. The molecule has 0 amide bonds. The second-order valence-electron chi connectivity index (χ2n) is 4.66. The number of hydrogen-bond acceptors (Lipinski definition) is 4. The molecule has 0 bridgehead atoms. The van der Waals surface area contributed by atoms with Crippen molar-refractivity contribution in [3.8, 4) is 0 Å². The maximum atomic E-state index is 12.5. The van der Waals surface area contributed by atoms with Crippen LogP contribution in [0.2, 0.25) is 0 Å². The van der Waals surface area contributed by atoms with E-state index in [1.807, 2.05) is 0 Å². The lowest BCUT2D eigenvalue weighted by Crippen LogP contribution is -2.48. The normalized spacial score (nSPS) is 18.3. The molecule has 0 aliphatic carbocycles. The Bertz CT molecular complexity index is 429. The molecule has 0 atom stereocenters. The molecule has 0 saturated carbocycles. The molecule has 20 heavy (non-hydrogen) atoms. The minimum absolute atomic E-state index is 0.213. The summed E-state index contributed by atoms with van der Waals surface area (Å²) < 4.78 is 32.5. The van der Waals surface area contributed by atoms with Gasteiger partial charge in [-0.05, 0) is 12.8 Å². The highest BCUT2D eigenvalue weighted by Crippen LogP contribution is 2.21. The van der Waals surface area contributed by atoms with Gasteiger partial charge in [0.05, 0.1) is 12.5 Å². The predicted octanol–water partition coefficient (Wildman–Crippen LogP) is 0.162. The highest BCUT2D eigenvalue weighted by atomic mass is 32.2. The highest BCUT2D eigenvalue weighted by Gasteiger charge is 2.34. The number of carboxylic acids is 1. The lowest BCUT2D eigenvalue weighted by atomic mass is 9.99. The summed E-state index contributed by atoms with van der Waals surface area (Å²) in [6, 6.07) is 0. The van der Waals surface area contributed by atoms with Crippen molar-refractivity contribution in [3.05, 3.63) is 12.7 Å². The van der Waals surface area contributed by atoms with Crippen molar-refractivity contribution in [2.75, 3.05) is 39.9 Å². The van der Waals surface area contributed by atoms with E-state index in [1.165, 1.54) is 21.8 Å². The van der Waals surface area contributed by atoms with E-state index in [9.17, 15) is 13.2 Å².